The van der Waals surface area contributed by atoms with E-state index in [1.807, 2.05) is 32.0 Å². The zero-order valence-corrected chi connectivity index (χ0v) is 21.7. The van der Waals surface area contributed by atoms with Crippen molar-refractivity contribution in [2.45, 2.75) is 57.8 Å². The third-order valence-electron chi connectivity index (χ3n) is 8.97. The van der Waals surface area contributed by atoms with E-state index in [0.717, 1.165) is 39.7 Å². The van der Waals surface area contributed by atoms with Gasteiger partial charge in [0.25, 0.3) is 5.56 Å². The van der Waals surface area contributed by atoms with Crippen molar-refractivity contribution in [3.63, 3.8) is 0 Å². The number of carbonyl (C=O) groups is 1. The maximum Gasteiger partial charge on any atom is 0.345 e. The van der Waals surface area contributed by atoms with E-state index >= 15 is 0 Å². The number of hydrogen-bond donors (Lipinski definition) is 3. The summed E-state index contributed by atoms with van der Waals surface area (Å²) in [6.45, 7) is 3.82. The summed E-state index contributed by atoms with van der Waals surface area (Å²) in [7, 11) is 0. The van der Waals surface area contributed by atoms with Gasteiger partial charge < -0.3 is 10.4 Å². The smallest absolute Gasteiger partial charge is 0.345 e. The van der Waals surface area contributed by atoms with E-state index in [2.05, 4.69) is 27.4 Å². The zero-order valence-electron chi connectivity index (χ0n) is 21.7. The van der Waals surface area contributed by atoms with Crippen LogP contribution < -0.4 is 16.6 Å². The Morgan fingerprint density at radius 2 is 1.63 bits per heavy atom. The number of amides is 2. The third kappa shape index (κ3) is 4.27. The number of aromatic amines is 1. The molecule has 2 aromatic carbocycles. The van der Waals surface area contributed by atoms with Crippen molar-refractivity contribution >= 4 is 17.9 Å². The normalized spacial score (nSPS) is 25.7. The molecule has 4 fully saturated rings. The molecule has 0 atom stereocenters. The third-order valence-corrected chi connectivity index (χ3v) is 8.97. The van der Waals surface area contributed by atoms with Crippen molar-refractivity contribution < 1.29 is 9.90 Å². The van der Waals surface area contributed by atoms with Gasteiger partial charge in [0.2, 0.25) is 5.88 Å². The molecule has 196 valence electrons. The molecule has 0 aliphatic heterocycles. The van der Waals surface area contributed by atoms with Crippen LogP contribution in [-0.2, 0) is 5.41 Å². The Morgan fingerprint density at radius 1 is 1.00 bits per heavy atom. The molecule has 4 bridgehead atoms. The Kier molecular flexibility index (Phi) is 5.85. The van der Waals surface area contributed by atoms with Gasteiger partial charge in [0.05, 0.1) is 11.9 Å². The van der Waals surface area contributed by atoms with E-state index in [0.29, 0.717) is 11.4 Å². The number of anilines is 1. The lowest BCUT2D eigenvalue weighted by Crippen LogP contribution is -2.48. The molecule has 4 saturated carbocycles. The fourth-order valence-electron chi connectivity index (χ4n) is 7.41. The lowest BCUT2D eigenvalue weighted by molar-refractivity contribution is -0.00518. The highest BCUT2D eigenvalue weighted by Gasteiger charge is 2.51. The highest BCUT2D eigenvalue weighted by atomic mass is 16.3. The molecular weight excluding hydrogens is 480 g/mol. The number of carbonyl (C=O) groups excluding carboxylic acids is 1. The lowest BCUT2D eigenvalue weighted by atomic mass is 9.48. The molecule has 7 rings (SSSR count). The van der Waals surface area contributed by atoms with Crippen LogP contribution in [0.4, 0.5) is 10.5 Å². The second-order valence-corrected chi connectivity index (χ2v) is 11.6. The number of H-pyrrole nitrogens is 1. The Bertz CT molecular complexity index is 1530. The van der Waals surface area contributed by atoms with Crippen LogP contribution >= 0.6 is 0 Å². The maximum atomic E-state index is 12.5. The van der Waals surface area contributed by atoms with Crippen molar-refractivity contribution in [2.24, 2.45) is 22.7 Å². The number of aromatic nitrogens is 2. The van der Waals surface area contributed by atoms with Crippen LogP contribution in [0, 0.1) is 31.6 Å². The van der Waals surface area contributed by atoms with E-state index in [1.165, 1.54) is 44.1 Å². The first-order valence-corrected chi connectivity index (χ1v) is 13.3. The molecular formula is C30H32N4O4. The number of hydrogen-bond acceptors (Lipinski definition) is 4. The molecule has 4 aliphatic rings. The Hall–Kier alpha value is -3.94. The second-order valence-electron chi connectivity index (χ2n) is 11.6. The molecule has 0 unspecified atom stereocenters. The minimum absolute atomic E-state index is 0.282. The molecule has 0 radical (unpaired) electrons. The highest BCUT2D eigenvalue weighted by molar-refractivity contribution is 5.98. The molecule has 2 amide bonds. The molecule has 1 heterocycles. The molecule has 8 nitrogen and oxygen atoms in total. The summed E-state index contributed by atoms with van der Waals surface area (Å²) in [6.07, 6.45) is 8.99. The van der Waals surface area contributed by atoms with Gasteiger partial charge in [-0.25, -0.2) is 19.1 Å². The Labute approximate surface area is 220 Å². The van der Waals surface area contributed by atoms with E-state index in [-0.39, 0.29) is 11.0 Å². The summed E-state index contributed by atoms with van der Waals surface area (Å²) in [5, 5.41) is 13.5. The SMILES string of the molecule is Cc1ccc(-n2c(O)c(C=NC(=O)Nc3ccc(C45CC6CC(CC(C6)C4)C5)cc3)c(=O)[nH]c2=O)cc1C. The second kappa shape index (κ2) is 9.11. The number of aryl methyl sites for hydroxylation is 2. The number of rotatable bonds is 4. The van der Waals surface area contributed by atoms with Crippen molar-refractivity contribution in [2.75, 3.05) is 5.32 Å². The molecule has 0 saturated heterocycles. The summed E-state index contributed by atoms with van der Waals surface area (Å²) in [5.41, 5.74) is 2.70. The maximum absolute atomic E-state index is 12.5. The molecule has 0 spiro atoms. The summed E-state index contributed by atoms with van der Waals surface area (Å²) in [5.74, 6) is 2.00. The van der Waals surface area contributed by atoms with Crippen LogP contribution in [0.25, 0.3) is 5.69 Å². The first-order chi connectivity index (χ1) is 18.2. The van der Waals surface area contributed by atoms with Crippen LogP contribution in [0.1, 0.15) is 60.8 Å². The molecule has 3 N–H and O–H groups in total. The van der Waals surface area contributed by atoms with Gasteiger partial charge in [0.15, 0.2) is 0 Å². The Balaban J connectivity index is 1.19. The van der Waals surface area contributed by atoms with Gasteiger partial charge in [-0.05, 0) is 116 Å². The standard InChI is InChI=1S/C30H32N4O4/c1-17-3-8-24(9-18(17)2)34-27(36)25(26(35)33-29(34)38)16-31-28(37)32-23-6-4-22(5-7-23)30-13-19-10-20(14-30)12-21(11-19)15-30/h3-9,16,19-21,36H,10-15H2,1-2H3,(H,32,37)(H,33,35,38). The molecule has 3 aromatic rings. The number of nitrogens with zero attached hydrogens (tertiary/aromatic N) is 2. The number of urea groups is 1. The van der Waals surface area contributed by atoms with E-state index < -0.39 is 23.2 Å². The number of benzene rings is 2. The van der Waals surface area contributed by atoms with Gasteiger partial charge in [0, 0.05) is 5.69 Å². The van der Waals surface area contributed by atoms with E-state index in [9.17, 15) is 19.5 Å². The van der Waals surface area contributed by atoms with Crippen LogP contribution in [0.2, 0.25) is 0 Å². The average Bonchev–Trinajstić information content (AvgIpc) is 2.85. The fourth-order valence-corrected chi connectivity index (χ4v) is 7.41. The van der Waals surface area contributed by atoms with E-state index in [4.69, 9.17) is 0 Å². The highest BCUT2D eigenvalue weighted by Crippen LogP contribution is 2.60. The number of nitrogens with one attached hydrogen (secondary N) is 2. The number of aromatic hydroxyl groups is 1. The quantitative estimate of drug-likeness (QED) is 0.428. The van der Waals surface area contributed by atoms with Crippen molar-refractivity contribution in [1.29, 1.82) is 0 Å². The summed E-state index contributed by atoms with van der Waals surface area (Å²) < 4.78 is 0.982. The fraction of sp³-hybridized carbons (Fsp3) is 0.400. The monoisotopic (exact) mass is 512 g/mol. The van der Waals surface area contributed by atoms with Crippen LogP contribution in [-0.4, -0.2) is 26.9 Å². The van der Waals surface area contributed by atoms with Gasteiger partial charge in [-0.3, -0.25) is 9.78 Å². The molecule has 38 heavy (non-hydrogen) atoms. The first kappa shape index (κ1) is 24.4. The van der Waals surface area contributed by atoms with Crippen molar-refractivity contribution in [3.8, 4) is 11.6 Å². The first-order valence-electron chi connectivity index (χ1n) is 13.3. The predicted octanol–water partition coefficient (Wildman–Crippen LogP) is 4.97. The summed E-state index contributed by atoms with van der Waals surface area (Å²) in [4.78, 5) is 43.4. The van der Waals surface area contributed by atoms with E-state index in [1.54, 1.807) is 12.1 Å². The predicted molar refractivity (Wildman–Crippen MR) is 147 cm³/mol. The molecule has 1 aromatic heterocycles. The minimum atomic E-state index is -0.830. The summed E-state index contributed by atoms with van der Waals surface area (Å²) >= 11 is 0. The van der Waals surface area contributed by atoms with Crippen molar-refractivity contribution in [3.05, 3.63) is 85.6 Å². The minimum Gasteiger partial charge on any atom is -0.493 e. The lowest BCUT2D eigenvalue weighted by Gasteiger charge is -2.57. The topological polar surface area (TPSA) is 117 Å². The molecule has 8 heteroatoms. The van der Waals surface area contributed by atoms with Gasteiger partial charge in [-0.1, -0.05) is 18.2 Å². The largest absolute Gasteiger partial charge is 0.493 e. The van der Waals surface area contributed by atoms with Gasteiger partial charge in [-0.15, -0.1) is 0 Å². The average molecular weight is 513 g/mol. The summed E-state index contributed by atoms with van der Waals surface area (Å²) in [6, 6.07) is 12.6. The van der Waals surface area contributed by atoms with Crippen LogP contribution in [0.3, 0.4) is 0 Å². The Morgan fingerprint density at radius 3 is 2.24 bits per heavy atom. The molecule has 4 aliphatic carbocycles. The van der Waals surface area contributed by atoms with Crippen LogP contribution in [0.5, 0.6) is 5.88 Å². The number of aliphatic imine (C=N–C) groups is 1. The van der Waals surface area contributed by atoms with Gasteiger partial charge in [0.1, 0.15) is 5.56 Å². The van der Waals surface area contributed by atoms with Gasteiger partial charge in [-0.2, -0.15) is 0 Å². The zero-order chi connectivity index (χ0) is 26.6. The van der Waals surface area contributed by atoms with Crippen molar-refractivity contribution in [1.82, 2.24) is 9.55 Å². The van der Waals surface area contributed by atoms with Gasteiger partial charge >= 0.3 is 11.7 Å². The van der Waals surface area contributed by atoms with Crippen LogP contribution in [0.15, 0.2) is 57.0 Å².